The molecule has 2 aromatic carbocycles. The zero-order chi connectivity index (χ0) is 14.2. The monoisotopic (exact) mass is 277 g/mol. The molecule has 3 atom stereocenters. The van der Waals surface area contributed by atoms with Crippen LogP contribution in [0.5, 0.6) is 0 Å². The minimum absolute atomic E-state index is 0.0707. The van der Waals surface area contributed by atoms with E-state index in [9.17, 15) is 4.79 Å². The number of Topliss-reactive ketones (excluding diaryl/α,β-unsaturated/α-hetero) is 1. The van der Waals surface area contributed by atoms with E-state index in [2.05, 4.69) is 41.7 Å². The molecule has 0 radical (unpaired) electrons. The lowest BCUT2D eigenvalue weighted by Gasteiger charge is -2.42. The van der Waals surface area contributed by atoms with E-state index in [0.29, 0.717) is 11.7 Å². The summed E-state index contributed by atoms with van der Waals surface area (Å²) in [5.74, 6) is 0.867. The number of nitrogens with one attached hydrogen (secondary N) is 1. The van der Waals surface area contributed by atoms with Crippen molar-refractivity contribution in [3.8, 4) is 0 Å². The van der Waals surface area contributed by atoms with Gasteiger partial charge in [-0.15, -0.1) is 0 Å². The molecule has 2 aliphatic rings. The fraction of sp³-hybridized carbons (Fsp3) is 0.316. The first-order valence-corrected chi connectivity index (χ1v) is 7.78. The van der Waals surface area contributed by atoms with E-state index in [1.54, 1.807) is 0 Å². The second kappa shape index (κ2) is 5.03. The Labute approximate surface area is 125 Å². The Morgan fingerprint density at radius 3 is 2.57 bits per heavy atom. The Balaban J connectivity index is 1.82. The fourth-order valence-electron chi connectivity index (χ4n) is 4.00. The molecule has 0 bridgehead atoms. The largest absolute Gasteiger partial charge is 0.378 e. The number of para-hydroxylation sites is 1. The third-order valence-electron chi connectivity index (χ3n) is 4.93. The van der Waals surface area contributed by atoms with Gasteiger partial charge in [-0.3, -0.25) is 4.79 Å². The number of rotatable bonds is 1. The molecule has 1 aliphatic heterocycles. The Bertz CT molecular complexity index is 664. The van der Waals surface area contributed by atoms with Crippen molar-refractivity contribution >= 4 is 11.5 Å². The van der Waals surface area contributed by atoms with Gasteiger partial charge in [0, 0.05) is 18.0 Å². The third kappa shape index (κ3) is 2.06. The van der Waals surface area contributed by atoms with Crippen LogP contribution in [0.15, 0.2) is 54.6 Å². The number of ketones is 1. The third-order valence-corrected chi connectivity index (χ3v) is 4.93. The first kappa shape index (κ1) is 12.6. The lowest BCUT2D eigenvalue weighted by Crippen LogP contribution is -2.38. The minimum Gasteiger partial charge on any atom is -0.378 e. The van der Waals surface area contributed by atoms with Crippen molar-refractivity contribution in [3.63, 3.8) is 0 Å². The number of anilines is 1. The van der Waals surface area contributed by atoms with E-state index in [1.165, 1.54) is 11.1 Å². The zero-order valence-electron chi connectivity index (χ0n) is 12.0. The molecule has 1 fully saturated rings. The maximum Gasteiger partial charge on any atom is 0.140 e. The van der Waals surface area contributed by atoms with Crippen molar-refractivity contribution < 1.29 is 4.79 Å². The molecule has 2 heteroatoms. The number of hydrogen-bond donors (Lipinski definition) is 1. The van der Waals surface area contributed by atoms with Crippen molar-refractivity contribution in [1.82, 2.24) is 0 Å². The average Bonchev–Trinajstić information content (AvgIpc) is 2.55. The van der Waals surface area contributed by atoms with Gasteiger partial charge < -0.3 is 5.32 Å². The zero-order valence-corrected chi connectivity index (χ0v) is 12.0. The maximum atomic E-state index is 12.5. The Kier molecular flexibility index (Phi) is 3.03. The summed E-state index contributed by atoms with van der Waals surface area (Å²) in [5, 5.41) is 3.68. The van der Waals surface area contributed by atoms with Gasteiger partial charge in [-0.1, -0.05) is 48.5 Å². The Morgan fingerprint density at radius 1 is 0.952 bits per heavy atom. The van der Waals surface area contributed by atoms with Crippen molar-refractivity contribution in [1.29, 1.82) is 0 Å². The molecule has 4 rings (SSSR count). The van der Waals surface area contributed by atoms with Crippen LogP contribution in [0.1, 0.15) is 42.3 Å². The predicted molar refractivity (Wildman–Crippen MR) is 84.3 cm³/mol. The molecular weight excluding hydrogens is 258 g/mol. The molecule has 1 heterocycles. The van der Waals surface area contributed by atoms with Crippen molar-refractivity contribution in [2.45, 2.75) is 31.2 Å². The van der Waals surface area contributed by atoms with Gasteiger partial charge in [0.15, 0.2) is 0 Å². The van der Waals surface area contributed by atoms with Crippen molar-refractivity contribution in [2.24, 2.45) is 5.92 Å². The van der Waals surface area contributed by atoms with E-state index >= 15 is 0 Å². The fourth-order valence-corrected chi connectivity index (χ4v) is 4.00. The van der Waals surface area contributed by atoms with Crippen LogP contribution in [-0.4, -0.2) is 5.78 Å². The van der Waals surface area contributed by atoms with Crippen LogP contribution in [0.25, 0.3) is 0 Å². The van der Waals surface area contributed by atoms with E-state index in [4.69, 9.17) is 0 Å². The van der Waals surface area contributed by atoms with Gasteiger partial charge in [0.2, 0.25) is 0 Å². The topological polar surface area (TPSA) is 29.1 Å². The molecule has 1 N–H and O–H groups in total. The molecule has 0 aromatic heterocycles. The normalized spacial score (nSPS) is 27.4. The molecule has 1 aliphatic carbocycles. The highest BCUT2D eigenvalue weighted by Gasteiger charge is 2.42. The number of carbonyl (C=O) groups excluding carboxylic acids is 1. The highest BCUT2D eigenvalue weighted by molar-refractivity contribution is 5.89. The molecule has 106 valence electrons. The molecule has 0 unspecified atom stereocenters. The van der Waals surface area contributed by atoms with Gasteiger partial charge in [-0.2, -0.15) is 0 Å². The number of benzene rings is 2. The molecular formula is C19H19NO. The number of carbonyl (C=O) groups is 1. The summed E-state index contributed by atoms with van der Waals surface area (Å²) in [5.41, 5.74) is 3.61. The quantitative estimate of drug-likeness (QED) is 0.841. The predicted octanol–water partition coefficient (Wildman–Crippen LogP) is 4.31. The highest BCUT2D eigenvalue weighted by atomic mass is 16.1. The Hall–Kier alpha value is -2.09. The molecule has 2 aromatic rings. The van der Waals surface area contributed by atoms with Crippen LogP contribution in [0.2, 0.25) is 0 Å². The summed E-state index contributed by atoms with van der Waals surface area (Å²) in [7, 11) is 0. The summed E-state index contributed by atoms with van der Waals surface area (Å²) in [6, 6.07) is 19.1. The Morgan fingerprint density at radius 2 is 1.71 bits per heavy atom. The lowest BCUT2D eigenvalue weighted by molar-refractivity contribution is -0.123. The molecule has 0 spiro atoms. The van der Waals surface area contributed by atoms with Crippen LogP contribution in [0, 0.1) is 5.92 Å². The summed E-state index contributed by atoms with van der Waals surface area (Å²) >= 11 is 0. The van der Waals surface area contributed by atoms with Crippen LogP contribution >= 0.6 is 0 Å². The standard InChI is InChI=1S/C19H19NO/c21-17-12-6-10-15-18(17)14-9-4-5-11-16(14)20-19(15)13-7-2-1-3-8-13/h1-5,7-9,11,15,18-20H,6,10,12H2/t15-,18-,19+/m1/s1. The van der Waals surface area contributed by atoms with Crippen LogP contribution in [0.3, 0.4) is 0 Å². The molecule has 2 nitrogen and oxygen atoms in total. The first-order valence-electron chi connectivity index (χ1n) is 7.78. The number of hydrogen-bond acceptors (Lipinski definition) is 2. The van der Waals surface area contributed by atoms with E-state index < -0.39 is 0 Å². The molecule has 21 heavy (non-hydrogen) atoms. The minimum atomic E-state index is 0.0707. The molecule has 0 amide bonds. The second-order valence-electron chi connectivity index (χ2n) is 6.12. The van der Waals surface area contributed by atoms with Gasteiger partial charge in [0.05, 0.1) is 6.04 Å². The molecule has 1 saturated carbocycles. The van der Waals surface area contributed by atoms with E-state index in [1.807, 2.05) is 18.2 Å². The summed E-state index contributed by atoms with van der Waals surface area (Å²) in [6.45, 7) is 0. The van der Waals surface area contributed by atoms with Crippen molar-refractivity contribution in [3.05, 3.63) is 65.7 Å². The highest BCUT2D eigenvalue weighted by Crippen LogP contribution is 2.49. The average molecular weight is 277 g/mol. The maximum absolute atomic E-state index is 12.5. The van der Waals surface area contributed by atoms with Crippen LogP contribution in [0.4, 0.5) is 5.69 Å². The van der Waals surface area contributed by atoms with E-state index in [-0.39, 0.29) is 12.0 Å². The molecule has 0 saturated heterocycles. The van der Waals surface area contributed by atoms with Gasteiger partial charge in [-0.25, -0.2) is 0 Å². The smallest absolute Gasteiger partial charge is 0.140 e. The van der Waals surface area contributed by atoms with Gasteiger partial charge in [0.1, 0.15) is 5.78 Å². The SMILES string of the molecule is O=C1CCC[C@@H]2[C@H]1c1ccccc1N[C@H]2c1ccccc1. The first-order chi connectivity index (χ1) is 10.3. The van der Waals surface area contributed by atoms with Crippen LogP contribution in [-0.2, 0) is 4.79 Å². The second-order valence-corrected chi connectivity index (χ2v) is 6.12. The van der Waals surface area contributed by atoms with E-state index in [0.717, 1.165) is 24.9 Å². The van der Waals surface area contributed by atoms with Crippen molar-refractivity contribution in [2.75, 3.05) is 5.32 Å². The summed E-state index contributed by atoms with van der Waals surface area (Å²) in [6.07, 6.45) is 2.88. The van der Waals surface area contributed by atoms with Gasteiger partial charge in [0.25, 0.3) is 0 Å². The summed E-state index contributed by atoms with van der Waals surface area (Å²) < 4.78 is 0. The van der Waals surface area contributed by atoms with Gasteiger partial charge in [-0.05, 0) is 36.0 Å². The number of fused-ring (bicyclic) bond motifs is 3. The van der Waals surface area contributed by atoms with Crippen LogP contribution < -0.4 is 5.32 Å². The summed E-state index contributed by atoms with van der Waals surface area (Å²) in [4.78, 5) is 12.5. The van der Waals surface area contributed by atoms with Gasteiger partial charge >= 0.3 is 0 Å². The lowest BCUT2D eigenvalue weighted by atomic mass is 9.67.